The van der Waals surface area contributed by atoms with Crippen LogP contribution < -0.4 is 0 Å². The molecule has 0 aromatic heterocycles. The van der Waals surface area contributed by atoms with Crippen LogP contribution in [0, 0.1) is 0 Å². The summed E-state index contributed by atoms with van der Waals surface area (Å²) < 4.78 is 0. The third kappa shape index (κ3) is 7.93. The van der Waals surface area contributed by atoms with Crippen LogP contribution in [-0.4, -0.2) is 0 Å². The maximum Gasteiger partial charge on any atom is -0.0162 e. The third-order valence-electron chi connectivity index (χ3n) is 7.04. The van der Waals surface area contributed by atoms with Crippen molar-refractivity contribution in [3.8, 4) is 11.1 Å². The van der Waals surface area contributed by atoms with Gasteiger partial charge in [-0.25, -0.2) is 0 Å². The SMILES string of the molecule is CCCCCCCCCCCCc1cccc(-c2cccc(C3CCCCC3)c2)c1. The topological polar surface area (TPSA) is 0 Å². The zero-order valence-corrected chi connectivity index (χ0v) is 19.5. The van der Waals surface area contributed by atoms with Crippen LogP contribution in [0.1, 0.15) is 120 Å². The van der Waals surface area contributed by atoms with Crippen molar-refractivity contribution in [1.82, 2.24) is 0 Å². The van der Waals surface area contributed by atoms with Gasteiger partial charge in [-0.15, -0.1) is 0 Å². The van der Waals surface area contributed by atoms with Crippen LogP contribution in [0.25, 0.3) is 11.1 Å². The van der Waals surface area contributed by atoms with E-state index in [1.165, 1.54) is 119 Å². The summed E-state index contributed by atoms with van der Waals surface area (Å²) in [6, 6.07) is 18.7. The summed E-state index contributed by atoms with van der Waals surface area (Å²) in [7, 11) is 0. The zero-order valence-electron chi connectivity index (χ0n) is 19.5. The minimum Gasteiger partial charge on any atom is -0.0654 e. The molecule has 0 unspecified atom stereocenters. The summed E-state index contributed by atoms with van der Waals surface area (Å²) in [6.45, 7) is 2.30. The third-order valence-corrected chi connectivity index (χ3v) is 7.04. The molecule has 0 nitrogen and oxygen atoms in total. The van der Waals surface area contributed by atoms with Gasteiger partial charge in [0, 0.05) is 0 Å². The Bertz CT molecular complexity index is 707. The summed E-state index contributed by atoms with van der Waals surface area (Å²) in [5, 5.41) is 0. The largest absolute Gasteiger partial charge is 0.0654 e. The second kappa shape index (κ2) is 13.7. The van der Waals surface area contributed by atoms with Crippen molar-refractivity contribution < 1.29 is 0 Å². The molecular formula is C30H44. The highest BCUT2D eigenvalue weighted by molar-refractivity contribution is 5.65. The number of hydrogen-bond acceptors (Lipinski definition) is 0. The van der Waals surface area contributed by atoms with E-state index < -0.39 is 0 Å². The Kier molecular flexibility index (Phi) is 10.5. The van der Waals surface area contributed by atoms with Gasteiger partial charge in [-0.3, -0.25) is 0 Å². The summed E-state index contributed by atoms with van der Waals surface area (Å²) in [6.07, 6.45) is 22.3. The Hall–Kier alpha value is -1.56. The minimum absolute atomic E-state index is 0.786. The Labute approximate surface area is 186 Å². The lowest BCUT2D eigenvalue weighted by atomic mass is 9.83. The molecule has 1 aliphatic rings. The van der Waals surface area contributed by atoms with Crippen molar-refractivity contribution >= 4 is 0 Å². The van der Waals surface area contributed by atoms with Crippen LogP contribution in [0.5, 0.6) is 0 Å². The molecule has 1 fully saturated rings. The van der Waals surface area contributed by atoms with E-state index in [0.29, 0.717) is 0 Å². The Morgan fingerprint density at radius 1 is 0.633 bits per heavy atom. The molecule has 0 heterocycles. The van der Waals surface area contributed by atoms with Gasteiger partial charge in [0.25, 0.3) is 0 Å². The van der Waals surface area contributed by atoms with Gasteiger partial charge in [0.15, 0.2) is 0 Å². The zero-order chi connectivity index (χ0) is 20.9. The first-order valence-electron chi connectivity index (χ1n) is 13.1. The van der Waals surface area contributed by atoms with E-state index in [9.17, 15) is 0 Å². The highest BCUT2D eigenvalue weighted by Gasteiger charge is 2.15. The summed E-state index contributed by atoms with van der Waals surface area (Å²) in [4.78, 5) is 0. The van der Waals surface area contributed by atoms with Crippen LogP contribution in [-0.2, 0) is 6.42 Å². The van der Waals surface area contributed by atoms with Crippen molar-refractivity contribution in [2.24, 2.45) is 0 Å². The van der Waals surface area contributed by atoms with Crippen LogP contribution in [0.4, 0.5) is 0 Å². The van der Waals surface area contributed by atoms with Crippen LogP contribution >= 0.6 is 0 Å². The fourth-order valence-corrected chi connectivity index (χ4v) is 5.13. The molecule has 0 radical (unpaired) electrons. The summed E-state index contributed by atoms with van der Waals surface area (Å²) in [5.74, 6) is 0.786. The molecule has 3 rings (SSSR count). The molecule has 0 spiro atoms. The fraction of sp³-hybridized carbons (Fsp3) is 0.600. The molecule has 0 bridgehead atoms. The number of hydrogen-bond donors (Lipinski definition) is 0. The van der Waals surface area contributed by atoms with E-state index >= 15 is 0 Å². The van der Waals surface area contributed by atoms with Crippen molar-refractivity contribution in [3.63, 3.8) is 0 Å². The molecule has 0 amide bonds. The van der Waals surface area contributed by atoms with Crippen molar-refractivity contribution in [3.05, 3.63) is 59.7 Å². The van der Waals surface area contributed by atoms with Gasteiger partial charge in [-0.2, -0.15) is 0 Å². The number of unbranched alkanes of at least 4 members (excludes halogenated alkanes) is 9. The molecule has 0 aliphatic heterocycles. The Morgan fingerprint density at radius 2 is 1.23 bits per heavy atom. The molecule has 2 aromatic carbocycles. The monoisotopic (exact) mass is 404 g/mol. The lowest BCUT2D eigenvalue weighted by Crippen LogP contribution is -2.04. The predicted octanol–water partition coefficient (Wildman–Crippen LogP) is 9.86. The first kappa shape index (κ1) is 23.1. The average molecular weight is 405 g/mol. The molecule has 1 aliphatic carbocycles. The van der Waals surface area contributed by atoms with E-state index in [0.717, 1.165) is 5.92 Å². The maximum absolute atomic E-state index is 2.47. The standard InChI is InChI=1S/C30H44/c1-2-3-4-5-6-7-8-9-10-12-17-26-18-15-21-28(24-26)30-23-16-22-29(25-30)27-19-13-11-14-20-27/h15-16,18,21-25,27H,2-14,17,19-20H2,1H3. The molecule has 2 aromatic rings. The number of rotatable bonds is 13. The lowest BCUT2D eigenvalue weighted by molar-refractivity contribution is 0.444. The molecule has 1 saturated carbocycles. The second-order valence-corrected chi connectivity index (χ2v) is 9.59. The summed E-state index contributed by atoms with van der Waals surface area (Å²) >= 11 is 0. The van der Waals surface area contributed by atoms with E-state index in [4.69, 9.17) is 0 Å². The number of benzene rings is 2. The molecule has 0 saturated heterocycles. The van der Waals surface area contributed by atoms with Crippen molar-refractivity contribution in [2.75, 3.05) is 0 Å². The van der Waals surface area contributed by atoms with E-state index in [1.807, 2.05) is 0 Å². The lowest BCUT2D eigenvalue weighted by Gasteiger charge is -2.22. The maximum atomic E-state index is 2.47. The van der Waals surface area contributed by atoms with Gasteiger partial charge in [0.05, 0.1) is 0 Å². The Balaban J connectivity index is 1.41. The average Bonchev–Trinajstić information content (AvgIpc) is 2.81. The second-order valence-electron chi connectivity index (χ2n) is 9.59. The van der Waals surface area contributed by atoms with Crippen LogP contribution in [0.3, 0.4) is 0 Å². The normalized spacial score (nSPS) is 14.8. The predicted molar refractivity (Wildman–Crippen MR) is 133 cm³/mol. The van der Waals surface area contributed by atoms with Gasteiger partial charge in [-0.05, 0) is 53.9 Å². The van der Waals surface area contributed by atoms with Gasteiger partial charge in [0.2, 0.25) is 0 Å². The minimum atomic E-state index is 0.786. The van der Waals surface area contributed by atoms with Crippen LogP contribution in [0.2, 0.25) is 0 Å². The van der Waals surface area contributed by atoms with Gasteiger partial charge in [0.1, 0.15) is 0 Å². The van der Waals surface area contributed by atoms with Crippen molar-refractivity contribution in [1.29, 1.82) is 0 Å². The van der Waals surface area contributed by atoms with E-state index in [1.54, 1.807) is 5.56 Å². The van der Waals surface area contributed by atoms with Crippen LogP contribution in [0.15, 0.2) is 48.5 Å². The molecule has 164 valence electrons. The summed E-state index contributed by atoms with van der Waals surface area (Å²) in [5.41, 5.74) is 5.88. The molecule has 0 heteroatoms. The first-order chi connectivity index (χ1) is 14.9. The molecular weight excluding hydrogens is 360 g/mol. The van der Waals surface area contributed by atoms with E-state index in [-0.39, 0.29) is 0 Å². The first-order valence-corrected chi connectivity index (χ1v) is 13.1. The quantitative estimate of drug-likeness (QED) is 0.291. The van der Waals surface area contributed by atoms with Crippen molar-refractivity contribution in [2.45, 2.75) is 116 Å². The van der Waals surface area contributed by atoms with Gasteiger partial charge >= 0.3 is 0 Å². The Morgan fingerprint density at radius 3 is 1.93 bits per heavy atom. The van der Waals surface area contributed by atoms with E-state index in [2.05, 4.69) is 55.5 Å². The molecule has 30 heavy (non-hydrogen) atoms. The highest BCUT2D eigenvalue weighted by Crippen LogP contribution is 2.34. The van der Waals surface area contributed by atoms with Gasteiger partial charge < -0.3 is 0 Å². The molecule has 0 N–H and O–H groups in total. The molecule has 0 atom stereocenters. The smallest absolute Gasteiger partial charge is 0.0162 e. The fourth-order valence-electron chi connectivity index (χ4n) is 5.13. The number of aryl methyl sites for hydroxylation is 1. The van der Waals surface area contributed by atoms with Gasteiger partial charge in [-0.1, -0.05) is 133 Å². The highest BCUT2D eigenvalue weighted by atomic mass is 14.2.